The molecular weight excluding hydrogens is 436 g/mol. The second kappa shape index (κ2) is 10.5. The number of hydrogen-bond donors (Lipinski definition) is 1. The van der Waals surface area contributed by atoms with Gasteiger partial charge in [0.25, 0.3) is 5.91 Å². The summed E-state index contributed by atoms with van der Waals surface area (Å²) >= 11 is 0. The summed E-state index contributed by atoms with van der Waals surface area (Å²) in [4.78, 5) is 12.6. The molecule has 1 N–H and O–H groups in total. The maximum absolute atomic E-state index is 12.6. The maximum atomic E-state index is 12.6. The molecule has 7 heteroatoms. The normalized spacial score (nSPS) is 11.3. The Labute approximate surface area is 196 Å². The molecule has 0 saturated carbocycles. The Balaban J connectivity index is 1.71. The predicted octanol–water partition coefficient (Wildman–Crippen LogP) is 5.43. The highest BCUT2D eigenvalue weighted by atomic mass is 32.2. The van der Waals surface area contributed by atoms with Gasteiger partial charge in [0.15, 0.2) is 0 Å². The van der Waals surface area contributed by atoms with Gasteiger partial charge in [-0.15, -0.1) is 0 Å². The summed E-state index contributed by atoms with van der Waals surface area (Å²) in [5.74, 6) is 0.894. The van der Waals surface area contributed by atoms with Crippen molar-refractivity contribution < 1.29 is 17.9 Å². The van der Waals surface area contributed by atoms with E-state index in [-0.39, 0.29) is 12.5 Å². The summed E-state index contributed by atoms with van der Waals surface area (Å²) in [5, 5.41) is 2.89. The Bertz CT molecular complexity index is 1170. The van der Waals surface area contributed by atoms with Gasteiger partial charge in [-0.3, -0.25) is 9.10 Å². The molecule has 0 radical (unpaired) electrons. The standard InChI is InChI=1S/C26H30N2O4S/c1-5-32-25-16-14-24(15-17-25)28(33(4,30)31)18-20-6-8-22(9-7-20)26(29)27-23-12-10-21(11-13-23)19(2)3/h6-17,19H,5,18H2,1-4H3,(H,27,29). The number of carbonyl (C=O) groups excluding carboxylic acids is 1. The van der Waals surface area contributed by atoms with E-state index in [0.29, 0.717) is 29.5 Å². The van der Waals surface area contributed by atoms with Crippen LogP contribution in [0.15, 0.2) is 72.8 Å². The minimum absolute atomic E-state index is 0.158. The summed E-state index contributed by atoms with van der Waals surface area (Å²) < 4.78 is 31.6. The van der Waals surface area contributed by atoms with E-state index in [1.165, 1.54) is 16.1 Å². The van der Waals surface area contributed by atoms with Crippen molar-refractivity contribution in [3.63, 3.8) is 0 Å². The minimum atomic E-state index is -3.50. The Morgan fingerprint density at radius 2 is 1.55 bits per heavy atom. The van der Waals surface area contributed by atoms with Crippen molar-refractivity contribution in [3.8, 4) is 5.75 Å². The highest BCUT2D eigenvalue weighted by Crippen LogP contribution is 2.24. The first-order chi connectivity index (χ1) is 15.7. The Morgan fingerprint density at radius 1 is 0.939 bits per heavy atom. The molecule has 1 amide bonds. The molecule has 0 atom stereocenters. The van der Waals surface area contributed by atoms with E-state index < -0.39 is 10.0 Å². The molecule has 0 unspecified atom stereocenters. The number of nitrogens with one attached hydrogen (secondary N) is 1. The lowest BCUT2D eigenvalue weighted by atomic mass is 10.0. The van der Waals surface area contributed by atoms with Gasteiger partial charge in [-0.05, 0) is 72.5 Å². The SMILES string of the molecule is CCOc1ccc(N(Cc2ccc(C(=O)Nc3ccc(C(C)C)cc3)cc2)S(C)(=O)=O)cc1. The Kier molecular flexibility index (Phi) is 7.76. The van der Waals surface area contributed by atoms with Gasteiger partial charge >= 0.3 is 0 Å². The van der Waals surface area contributed by atoms with Crippen molar-refractivity contribution in [2.45, 2.75) is 33.2 Å². The van der Waals surface area contributed by atoms with Crippen molar-refractivity contribution >= 4 is 27.3 Å². The molecule has 174 valence electrons. The summed E-state index contributed by atoms with van der Waals surface area (Å²) in [6, 6.07) is 21.7. The largest absolute Gasteiger partial charge is 0.494 e. The molecule has 0 bridgehead atoms. The molecular formula is C26H30N2O4S. The molecule has 0 spiro atoms. The molecule has 0 aliphatic carbocycles. The van der Waals surface area contributed by atoms with Crippen LogP contribution in [0.3, 0.4) is 0 Å². The van der Waals surface area contributed by atoms with E-state index in [1.807, 2.05) is 31.2 Å². The lowest BCUT2D eigenvalue weighted by molar-refractivity contribution is 0.102. The fourth-order valence-corrected chi connectivity index (χ4v) is 4.25. The van der Waals surface area contributed by atoms with Crippen molar-refractivity contribution in [3.05, 3.63) is 89.5 Å². The third kappa shape index (κ3) is 6.58. The highest BCUT2D eigenvalue weighted by molar-refractivity contribution is 7.92. The van der Waals surface area contributed by atoms with Crippen LogP contribution >= 0.6 is 0 Å². The second-order valence-corrected chi connectivity index (χ2v) is 10.0. The van der Waals surface area contributed by atoms with Gasteiger partial charge in [-0.1, -0.05) is 38.1 Å². The summed E-state index contributed by atoms with van der Waals surface area (Å²) in [6.07, 6.45) is 1.18. The zero-order chi connectivity index (χ0) is 24.0. The molecule has 3 rings (SSSR count). The van der Waals surface area contributed by atoms with Crippen LogP contribution in [-0.4, -0.2) is 27.2 Å². The number of anilines is 2. The van der Waals surface area contributed by atoms with Crippen LogP contribution in [0, 0.1) is 0 Å². The third-order valence-electron chi connectivity index (χ3n) is 5.21. The van der Waals surface area contributed by atoms with E-state index in [9.17, 15) is 13.2 Å². The van der Waals surface area contributed by atoms with Crippen LogP contribution in [-0.2, 0) is 16.6 Å². The Morgan fingerprint density at radius 3 is 2.06 bits per heavy atom. The summed E-state index contributed by atoms with van der Waals surface area (Å²) in [6.45, 7) is 6.83. The van der Waals surface area contributed by atoms with Gasteiger partial charge in [0.2, 0.25) is 10.0 Å². The van der Waals surface area contributed by atoms with Gasteiger partial charge in [-0.2, -0.15) is 0 Å². The lowest BCUT2D eigenvalue weighted by Crippen LogP contribution is -2.29. The van der Waals surface area contributed by atoms with Crippen LogP contribution in [0.1, 0.15) is 48.2 Å². The van der Waals surface area contributed by atoms with Crippen LogP contribution in [0.25, 0.3) is 0 Å². The zero-order valence-corrected chi connectivity index (χ0v) is 20.2. The molecule has 33 heavy (non-hydrogen) atoms. The molecule has 3 aromatic rings. The fraction of sp³-hybridized carbons (Fsp3) is 0.269. The molecule has 6 nitrogen and oxygen atoms in total. The smallest absolute Gasteiger partial charge is 0.255 e. The quantitative estimate of drug-likeness (QED) is 0.456. The van der Waals surface area contributed by atoms with E-state index in [1.54, 1.807) is 48.5 Å². The first-order valence-electron chi connectivity index (χ1n) is 10.9. The van der Waals surface area contributed by atoms with Crippen LogP contribution < -0.4 is 14.4 Å². The van der Waals surface area contributed by atoms with Gasteiger partial charge < -0.3 is 10.1 Å². The lowest BCUT2D eigenvalue weighted by Gasteiger charge is -2.23. The number of sulfonamides is 1. The molecule has 3 aromatic carbocycles. The zero-order valence-electron chi connectivity index (χ0n) is 19.4. The fourth-order valence-electron chi connectivity index (χ4n) is 3.36. The minimum Gasteiger partial charge on any atom is -0.494 e. The van der Waals surface area contributed by atoms with Crippen LogP contribution in [0.4, 0.5) is 11.4 Å². The number of rotatable bonds is 9. The first-order valence-corrected chi connectivity index (χ1v) is 12.7. The van der Waals surface area contributed by atoms with E-state index in [2.05, 4.69) is 19.2 Å². The first kappa shape index (κ1) is 24.3. The molecule has 0 fully saturated rings. The van der Waals surface area contributed by atoms with Gasteiger partial charge in [0, 0.05) is 11.3 Å². The number of amides is 1. The average Bonchev–Trinajstić information content (AvgIpc) is 2.78. The van der Waals surface area contributed by atoms with Gasteiger partial charge in [0.1, 0.15) is 5.75 Å². The van der Waals surface area contributed by atoms with E-state index in [0.717, 1.165) is 11.3 Å². The number of ether oxygens (including phenoxy) is 1. The van der Waals surface area contributed by atoms with Crippen LogP contribution in [0.2, 0.25) is 0 Å². The van der Waals surface area contributed by atoms with Crippen molar-refractivity contribution in [2.24, 2.45) is 0 Å². The van der Waals surface area contributed by atoms with Crippen molar-refractivity contribution in [1.29, 1.82) is 0 Å². The molecule has 0 aromatic heterocycles. The predicted molar refractivity (Wildman–Crippen MR) is 134 cm³/mol. The number of carbonyl (C=O) groups is 1. The molecule has 0 saturated heterocycles. The number of hydrogen-bond acceptors (Lipinski definition) is 4. The highest BCUT2D eigenvalue weighted by Gasteiger charge is 2.18. The monoisotopic (exact) mass is 466 g/mol. The van der Waals surface area contributed by atoms with Gasteiger partial charge in [-0.25, -0.2) is 8.42 Å². The van der Waals surface area contributed by atoms with Crippen LogP contribution in [0.5, 0.6) is 5.75 Å². The number of nitrogens with zero attached hydrogens (tertiary/aromatic N) is 1. The summed E-state index contributed by atoms with van der Waals surface area (Å²) in [7, 11) is -3.50. The number of benzene rings is 3. The third-order valence-corrected chi connectivity index (χ3v) is 6.35. The Hall–Kier alpha value is -3.32. The van der Waals surface area contributed by atoms with Crippen molar-refractivity contribution in [1.82, 2.24) is 0 Å². The second-order valence-electron chi connectivity index (χ2n) is 8.12. The summed E-state index contributed by atoms with van der Waals surface area (Å²) in [5.41, 5.74) is 3.76. The average molecular weight is 467 g/mol. The van der Waals surface area contributed by atoms with E-state index in [4.69, 9.17) is 4.74 Å². The van der Waals surface area contributed by atoms with Gasteiger partial charge in [0.05, 0.1) is 25.1 Å². The van der Waals surface area contributed by atoms with Crippen molar-refractivity contribution in [2.75, 3.05) is 22.5 Å². The molecule has 0 aliphatic rings. The molecule has 0 aliphatic heterocycles. The van der Waals surface area contributed by atoms with E-state index >= 15 is 0 Å². The topological polar surface area (TPSA) is 75.7 Å². The molecule has 0 heterocycles. The maximum Gasteiger partial charge on any atom is 0.255 e.